The molecule has 0 saturated carbocycles. The van der Waals surface area contributed by atoms with Gasteiger partial charge in [0, 0.05) is 12.8 Å². The van der Waals surface area contributed by atoms with E-state index in [1.165, 1.54) is 7.11 Å². The van der Waals surface area contributed by atoms with Crippen LogP contribution in [-0.2, 0) is 20.7 Å². The summed E-state index contributed by atoms with van der Waals surface area (Å²) in [5.41, 5.74) is 0.847. The highest BCUT2D eigenvalue weighted by atomic mass is 16.5. The summed E-state index contributed by atoms with van der Waals surface area (Å²) in [6.45, 7) is 3.90. The van der Waals surface area contributed by atoms with Crippen molar-refractivity contribution in [1.82, 2.24) is 5.32 Å². The molecule has 1 N–H and O–H groups in total. The average Bonchev–Trinajstić information content (AvgIpc) is 2.45. The van der Waals surface area contributed by atoms with Crippen LogP contribution in [0.5, 0.6) is 5.75 Å². The Labute approximate surface area is 125 Å². The first-order valence-corrected chi connectivity index (χ1v) is 6.97. The van der Waals surface area contributed by atoms with Crippen LogP contribution in [0.4, 0.5) is 0 Å². The Morgan fingerprint density at radius 3 is 2.43 bits per heavy atom. The first-order chi connectivity index (χ1) is 9.97. The van der Waals surface area contributed by atoms with Gasteiger partial charge in [0.05, 0.1) is 14.2 Å². The number of ether oxygens (including phenoxy) is 2. The summed E-state index contributed by atoms with van der Waals surface area (Å²) in [5.74, 6) is 0.299. The quantitative estimate of drug-likeness (QED) is 0.780. The highest BCUT2D eigenvalue weighted by Crippen LogP contribution is 2.19. The van der Waals surface area contributed by atoms with Crippen molar-refractivity contribution < 1.29 is 19.1 Å². The van der Waals surface area contributed by atoms with Gasteiger partial charge in [0.2, 0.25) is 5.91 Å². The van der Waals surface area contributed by atoms with Crippen LogP contribution < -0.4 is 10.1 Å². The Morgan fingerprint density at radius 2 is 1.86 bits per heavy atom. The van der Waals surface area contributed by atoms with Crippen molar-refractivity contribution in [3.05, 3.63) is 29.8 Å². The normalized spacial score (nSPS) is 11.9. The molecule has 5 nitrogen and oxygen atoms in total. The maximum Gasteiger partial charge on any atom is 0.328 e. The van der Waals surface area contributed by atoms with E-state index < -0.39 is 12.0 Å². The lowest BCUT2D eigenvalue weighted by Crippen LogP contribution is -2.43. The van der Waals surface area contributed by atoms with Crippen LogP contribution in [0.2, 0.25) is 0 Å². The number of hydrogen-bond donors (Lipinski definition) is 1. The molecule has 1 atom stereocenters. The van der Waals surface area contributed by atoms with Crippen LogP contribution in [0, 0.1) is 5.92 Å². The topological polar surface area (TPSA) is 64.6 Å². The number of esters is 1. The van der Waals surface area contributed by atoms with E-state index in [-0.39, 0.29) is 11.8 Å². The van der Waals surface area contributed by atoms with Crippen molar-refractivity contribution in [3.8, 4) is 5.75 Å². The lowest BCUT2D eigenvalue weighted by Gasteiger charge is -2.18. The molecule has 0 unspecified atom stereocenters. The predicted molar refractivity (Wildman–Crippen MR) is 80.1 cm³/mol. The van der Waals surface area contributed by atoms with Crippen LogP contribution >= 0.6 is 0 Å². The van der Waals surface area contributed by atoms with Crippen molar-refractivity contribution in [2.24, 2.45) is 5.92 Å². The van der Waals surface area contributed by atoms with Crippen LogP contribution in [0.25, 0.3) is 0 Å². The summed E-state index contributed by atoms with van der Waals surface area (Å²) in [4.78, 5) is 23.7. The van der Waals surface area contributed by atoms with Crippen LogP contribution in [-0.4, -0.2) is 32.1 Å². The maximum absolute atomic E-state index is 11.9. The summed E-state index contributed by atoms with van der Waals surface area (Å²) in [5, 5.41) is 2.73. The molecule has 1 aromatic carbocycles. The summed E-state index contributed by atoms with van der Waals surface area (Å²) in [7, 11) is 2.88. The highest BCUT2D eigenvalue weighted by Gasteiger charge is 2.23. The molecule has 0 aliphatic rings. The van der Waals surface area contributed by atoms with Gasteiger partial charge in [-0.15, -0.1) is 0 Å². The van der Waals surface area contributed by atoms with E-state index in [1.54, 1.807) is 7.11 Å². The van der Waals surface area contributed by atoms with Crippen LogP contribution in [0.15, 0.2) is 24.3 Å². The Morgan fingerprint density at radius 1 is 1.19 bits per heavy atom. The van der Waals surface area contributed by atoms with Gasteiger partial charge in [-0.2, -0.15) is 0 Å². The number of benzene rings is 1. The molecule has 116 valence electrons. The third kappa shape index (κ3) is 5.45. The zero-order valence-corrected chi connectivity index (χ0v) is 13.0. The molecule has 21 heavy (non-hydrogen) atoms. The van der Waals surface area contributed by atoms with Gasteiger partial charge < -0.3 is 14.8 Å². The predicted octanol–water partition coefficient (Wildman–Crippen LogP) is 1.94. The largest absolute Gasteiger partial charge is 0.496 e. The second kappa shape index (κ2) is 8.29. The lowest BCUT2D eigenvalue weighted by molar-refractivity contribution is -0.145. The molecule has 0 radical (unpaired) electrons. The van der Waals surface area contributed by atoms with E-state index in [4.69, 9.17) is 9.47 Å². The molecule has 1 rings (SSSR count). The fourth-order valence-electron chi connectivity index (χ4n) is 2.05. The number of carbonyl (C=O) groups is 2. The standard InChI is InChI=1S/C16H23NO4/c1-11(2)9-15(18)17-13(16(19)21-4)10-12-7-5-6-8-14(12)20-3/h5-8,11,13H,9-10H2,1-4H3,(H,17,18)/t13-/m1/s1. The van der Waals surface area contributed by atoms with Gasteiger partial charge in [-0.25, -0.2) is 4.79 Å². The molecule has 0 spiro atoms. The third-order valence-electron chi connectivity index (χ3n) is 3.03. The molecule has 0 aliphatic heterocycles. The first kappa shape index (κ1) is 17.0. The fraction of sp³-hybridized carbons (Fsp3) is 0.500. The Hall–Kier alpha value is -2.04. The van der Waals surface area contributed by atoms with E-state index >= 15 is 0 Å². The summed E-state index contributed by atoms with van der Waals surface area (Å²) in [6.07, 6.45) is 0.708. The zero-order valence-electron chi connectivity index (χ0n) is 13.0. The molecule has 0 aliphatic carbocycles. The minimum Gasteiger partial charge on any atom is -0.496 e. The van der Waals surface area contributed by atoms with Crippen molar-refractivity contribution in [3.63, 3.8) is 0 Å². The Kier molecular flexibility index (Phi) is 6.72. The monoisotopic (exact) mass is 293 g/mol. The summed E-state index contributed by atoms with van der Waals surface area (Å²) in [6, 6.07) is 6.69. The van der Waals surface area contributed by atoms with Gasteiger partial charge in [-0.05, 0) is 17.5 Å². The Bertz CT molecular complexity index is 485. The van der Waals surface area contributed by atoms with E-state index in [9.17, 15) is 9.59 Å². The van der Waals surface area contributed by atoms with Crippen molar-refractivity contribution >= 4 is 11.9 Å². The summed E-state index contributed by atoms with van der Waals surface area (Å²) < 4.78 is 10.0. The molecule has 1 amide bonds. The molecule has 0 heterocycles. The second-order valence-corrected chi connectivity index (χ2v) is 5.26. The number of carbonyl (C=O) groups excluding carboxylic acids is 2. The second-order valence-electron chi connectivity index (χ2n) is 5.26. The number of rotatable bonds is 7. The molecule has 0 aromatic heterocycles. The van der Waals surface area contributed by atoms with Crippen molar-refractivity contribution in [2.75, 3.05) is 14.2 Å². The van der Waals surface area contributed by atoms with E-state index in [1.807, 2.05) is 38.1 Å². The highest BCUT2D eigenvalue weighted by molar-refractivity contribution is 5.84. The zero-order chi connectivity index (χ0) is 15.8. The van der Waals surface area contributed by atoms with Gasteiger partial charge in [-0.1, -0.05) is 32.0 Å². The van der Waals surface area contributed by atoms with E-state index in [0.717, 1.165) is 5.56 Å². The van der Waals surface area contributed by atoms with Gasteiger partial charge in [0.25, 0.3) is 0 Å². The summed E-state index contributed by atoms with van der Waals surface area (Å²) >= 11 is 0. The smallest absolute Gasteiger partial charge is 0.328 e. The minimum absolute atomic E-state index is 0.157. The van der Waals surface area contributed by atoms with Crippen molar-refractivity contribution in [2.45, 2.75) is 32.7 Å². The molecule has 0 bridgehead atoms. The van der Waals surface area contributed by atoms with Gasteiger partial charge in [0.1, 0.15) is 11.8 Å². The molecule has 5 heteroatoms. The van der Waals surface area contributed by atoms with Gasteiger partial charge in [-0.3, -0.25) is 4.79 Å². The molecular weight excluding hydrogens is 270 g/mol. The van der Waals surface area contributed by atoms with Crippen molar-refractivity contribution in [1.29, 1.82) is 0 Å². The number of amides is 1. The van der Waals surface area contributed by atoms with Gasteiger partial charge in [0.15, 0.2) is 0 Å². The lowest BCUT2D eigenvalue weighted by atomic mass is 10.0. The molecular formula is C16H23NO4. The number of hydrogen-bond acceptors (Lipinski definition) is 4. The van der Waals surface area contributed by atoms with E-state index in [0.29, 0.717) is 18.6 Å². The maximum atomic E-state index is 11.9. The van der Waals surface area contributed by atoms with Crippen LogP contribution in [0.3, 0.4) is 0 Å². The number of para-hydroxylation sites is 1. The number of nitrogens with one attached hydrogen (secondary N) is 1. The first-order valence-electron chi connectivity index (χ1n) is 6.97. The molecule has 0 saturated heterocycles. The average molecular weight is 293 g/mol. The number of methoxy groups -OCH3 is 2. The third-order valence-corrected chi connectivity index (χ3v) is 3.03. The SMILES string of the molecule is COC(=O)[C@@H](Cc1ccccc1OC)NC(=O)CC(C)C. The van der Waals surface area contributed by atoms with E-state index in [2.05, 4.69) is 5.32 Å². The van der Waals surface area contributed by atoms with Crippen LogP contribution in [0.1, 0.15) is 25.8 Å². The Balaban J connectivity index is 2.83. The fourth-order valence-corrected chi connectivity index (χ4v) is 2.05. The molecule has 1 aromatic rings. The molecule has 0 fully saturated rings. The minimum atomic E-state index is -0.711. The van der Waals surface area contributed by atoms with Gasteiger partial charge >= 0.3 is 5.97 Å².